The molecule has 55 heavy (non-hydrogen) atoms. The standard InChI is InChI=1S/C52H33NOS/c1-2-15-41-34(11-1)12-8-18-42(41)37-13-7-14-40(33-37)53(38-29-25-35(26-30-38)43-19-9-22-48-51(43)45-16-3-5-21-47(45)54-48)39-31-27-36(28-32-39)44-20-10-24-50-52(44)46-17-4-6-23-49(46)55-50/h1-33H. The largest absolute Gasteiger partial charge is 0.456 e. The van der Waals surface area contributed by atoms with E-state index in [4.69, 9.17) is 4.42 Å². The number of furan rings is 1. The number of thiophene rings is 1. The van der Waals surface area contributed by atoms with Gasteiger partial charge in [-0.1, -0.05) is 140 Å². The third-order valence-electron chi connectivity index (χ3n) is 10.9. The zero-order valence-electron chi connectivity index (χ0n) is 29.8. The Bertz CT molecular complexity index is 3040. The Kier molecular flexibility index (Phi) is 7.39. The molecule has 258 valence electrons. The Morgan fingerprint density at radius 2 is 0.909 bits per heavy atom. The SMILES string of the molecule is c1cc(-c2cccc3ccccc23)cc(N(c2ccc(-c3cccc4oc5ccccc5c34)cc2)c2ccc(-c3cccc4sc5ccccc5c34)cc2)c1. The predicted octanol–water partition coefficient (Wildman–Crippen LogP) is 15.6. The molecule has 2 nitrogen and oxygen atoms in total. The second-order valence-electron chi connectivity index (χ2n) is 14.1. The first-order chi connectivity index (χ1) is 27.3. The van der Waals surface area contributed by atoms with Crippen LogP contribution >= 0.6 is 11.3 Å². The fourth-order valence-electron chi connectivity index (χ4n) is 8.35. The van der Waals surface area contributed by atoms with Gasteiger partial charge in [-0.2, -0.15) is 0 Å². The predicted molar refractivity (Wildman–Crippen MR) is 235 cm³/mol. The first kappa shape index (κ1) is 31.6. The topological polar surface area (TPSA) is 16.4 Å². The Morgan fingerprint density at radius 1 is 0.345 bits per heavy atom. The second kappa shape index (κ2) is 12.9. The van der Waals surface area contributed by atoms with E-state index in [1.807, 2.05) is 23.5 Å². The lowest BCUT2D eigenvalue weighted by Crippen LogP contribution is -2.10. The lowest BCUT2D eigenvalue weighted by Gasteiger charge is -2.26. The number of hydrogen-bond donors (Lipinski definition) is 0. The summed E-state index contributed by atoms with van der Waals surface area (Å²) in [5, 5.41) is 7.41. The van der Waals surface area contributed by atoms with Crippen LogP contribution in [0.1, 0.15) is 0 Å². The molecule has 3 heteroatoms. The highest BCUT2D eigenvalue weighted by Gasteiger charge is 2.18. The summed E-state index contributed by atoms with van der Waals surface area (Å²) in [7, 11) is 0. The number of benzene rings is 9. The fourth-order valence-corrected chi connectivity index (χ4v) is 9.48. The normalized spacial score (nSPS) is 11.6. The van der Waals surface area contributed by atoms with Crippen LogP contribution in [0.25, 0.3) is 86.3 Å². The molecule has 0 aliphatic carbocycles. The van der Waals surface area contributed by atoms with Crippen molar-refractivity contribution in [3.05, 3.63) is 200 Å². The van der Waals surface area contributed by atoms with E-state index >= 15 is 0 Å². The first-order valence-corrected chi connectivity index (χ1v) is 19.5. The number of fused-ring (bicyclic) bond motifs is 7. The van der Waals surface area contributed by atoms with Crippen molar-refractivity contribution in [2.45, 2.75) is 0 Å². The summed E-state index contributed by atoms with van der Waals surface area (Å²) in [6.07, 6.45) is 0. The molecule has 9 aromatic carbocycles. The highest BCUT2D eigenvalue weighted by Crippen LogP contribution is 2.43. The molecule has 0 saturated carbocycles. The molecule has 0 spiro atoms. The molecule has 2 aromatic heterocycles. The van der Waals surface area contributed by atoms with E-state index < -0.39 is 0 Å². The number of hydrogen-bond acceptors (Lipinski definition) is 3. The summed E-state index contributed by atoms with van der Waals surface area (Å²) in [6, 6.07) is 72.2. The second-order valence-corrected chi connectivity index (χ2v) is 15.1. The van der Waals surface area contributed by atoms with Gasteiger partial charge in [0.1, 0.15) is 11.2 Å². The van der Waals surface area contributed by atoms with Crippen molar-refractivity contribution < 1.29 is 4.42 Å². The maximum atomic E-state index is 6.24. The van der Waals surface area contributed by atoms with Gasteiger partial charge in [0.2, 0.25) is 0 Å². The third kappa shape index (κ3) is 5.32. The summed E-state index contributed by atoms with van der Waals surface area (Å²) >= 11 is 1.86. The molecule has 0 unspecified atom stereocenters. The minimum atomic E-state index is 0.904. The molecule has 0 amide bonds. The summed E-state index contributed by atoms with van der Waals surface area (Å²) in [5.41, 5.74) is 12.3. The van der Waals surface area contributed by atoms with Crippen LogP contribution in [0.4, 0.5) is 17.1 Å². The number of nitrogens with zero attached hydrogens (tertiary/aromatic N) is 1. The van der Waals surface area contributed by atoms with Crippen molar-refractivity contribution >= 4 is 81.3 Å². The molecule has 11 aromatic rings. The van der Waals surface area contributed by atoms with Gasteiger partial charge in [0.05, 0.1) is 0 Å². The van der Waals surface area contributed by atoms with Gasteiger partial charge in [-0.15, -0.1) is 11.3 Å². The Hall–Kier alpha value is -6.94. The highest BCUT2D eigenvalue weighted by atomic mass is 32.1. The molecule has 0 saturated heterocycles. The zero-order chi connectivity index (χ0) is 36.3. The van der Waals surface area contributed by atoms with Crippen LogP contribution in [0.15, 0.2) is 205 Å². The van der Waals surface area contributed by atoms with Crippen LogP contribution in [0, 0.1) is 0 Å². The molecule has 0 atom stereocenters. The van der Waals surface area contributed by atoms with Crippen molar-refractivity contribution in [1.29, 1.82) is 0 Å². The van der Waals surface area contributed by atoms with Crippen molar-refractivity contribution in [2.75, 3.05) is 4.90 Å². The van der Waals surface area contributed by atoms with Gasteiger partial charge >= 0.3 is 0 Å². The number of para-hydroxylation sites is 1. The van der Waals surface area contributed by atoms with Crippen molar-refractivity contribution in [3.63, 3.8) is 0 Å². The summed E-state index contributed by atoms with van der Waals surface area (Å²) in [6.45, 7) is 0. The minimum absolute atomic E-state index is 0.904. The monoisotopic (exact) mass is 719 g/mol. The molecule has 2 heterocycles. The fraction of sp³-hybridized carbons (Fsp3) is 0. The van der Waals surface area contributed by atoms with Gasteiger partial charge < -0.3 is 9.32 Å². The van der Waals surface area contributed by atoms with Gasteiger partial charge in [0, 0.05) is 48.0 Å². The van der Waals surface area contributed by atoms with E-state index in [9.17, 15) is 0 Å². The molecule has 0 aliphatic heterocycles. The van der Waals surface area contributed by atoms with E-state index in [0.717, 1.165) is 50.1 Å². The van der Waals surface area contributed by atoms with Crippen LogP contribution in [-0.4, -0.2) is 0 Å². The lowest BCUT2D eigenvalue weighted by molar-refractivity contribution is 0.669. The third-order valence-corrected chi connectivity index (χ3v) is 12.0. The van der Waals surface area contributed by atoms with E-state index in [1.165, 1.54) is 53.2 Å². The van der Waals surface area contributed by atoms with Crippen LogP contribution < -0.4 is 4.90 Å². The average molecular weight is 720 g/mol. The quantitative estimate of drug-likeness (QED) is 0.170. The van der Waals surface area contributed by atoms with Gasteiger partial charge in [-0.05, 0) is 105 Å². The van der Waals surface area contributed by atoms with Crippen LogP contribution in [0.3, 0.4) is 0 Å². The summed E-state index contributed by atoms with van der Waals surface area (Å²) in [5.74, 6) is 0. The molecule has 0 radical (unpaired) electrons. The average Bonchev–Trinajstić information content (AvgIpc) is 3.83. The number of rotatable bonds is 6. The molecular formula is C52H33NOS. The minimum Gasteiger partial charge on any atom is -0.456 e. The summed E-state index contributed by atoms with van der Waals surface area (Å²) < 4.78 is 8.87. The van der Waals surface area contributed by atoms with Crippen molar-refractivity contribution in [1.82, 2.24) is 0 Å². The van der Waals surface area contributed by atoms with Crippen LogP contribution in [-0.2, 0) is 0 Å². The molecule has 0 aliphatic rings. The Labute approximate surface area is 322 Å². The maximum Gasteiger partial charge on any atom is 0.136 e. The number of anilines is 3. The van der Waals surface area contributed by atoms with E-state index in [-0.39, 0.29) is 0 Å². The molecule has 0 bridgehead atoms. The van der Waals surface area contributed by atoms with Gasteiger partial charge in [0.25, 0.3) is 0 Å². The Morgan fingerprint density at radius 3 is 1.71 bits per heavy atom. The first-order valence-electron chi connectivity index (χ1n) is 18.7. The van der Waals surface area contributed by atoms with E-state index in [2.05, 4.69) is 193 Å². The zero-order valence-corrected chi connectivity index (χ0v) is 30.6. The van der Waals surface area contributed by atoms with Crippen LogP contribution in [0.2, 0.25) is 0 Å². The Balaban J connectivity index is 1.04. The molecule has 0 N–H and O–H groups in total. The molecule has 11 rings (SSSR count). The van der Waals surface area contributed by atoms with Gasteiger partial charge in [-0.25, -0.2) is 0 Å². The van der Waals surface area contributed by atoms with Gasteiger partial charge in [-0.3, -0.25) is 0 Å². The maximum absolute atomic E-state index is 6.24. The highest BCUT2D eigenvalue weighted by molar-refractivity contribution is 7.25. The lowest BCUT2D eigenvalue weighted by atomic mass is 9.97. The van der Waals surface area contributed by atoms with E-state index in [1.54, 1.807) is 0 Å². The summed E-state index contributed by atoms with van der Waals surface area (Å²) in [4.78, 5) is 2.37. The van der Waals surface area contributed by atoms with Crippen molar-refractivity contribution in [3.8, 4) is 33.4 Å². The smallest absolute Gasteiger partial charge is 0.136 e. The molecule has 0 fully saturated rings. The molecular weight excluding hydrogens is 687 g/mol. The van der Waals surface area contributed by atoms with Crippen molar-refractivity contribution in [2.24, 2.45) is 0 Å². The van der Waals surface area contributed by atoms with E-state index in [0.29, 0.717) is 0 Å². The van der Waals surface area contributed by atoms with Gasteiger partial charge in [0.15, 0.2) is 0 Å². The van der Waals surface area contributed by atoms with Crippen LogP contribution in [0.5, 0.6) is 0 Å².